The van der Waals surface area contributed by atoms with Crippen molar-refractivity contribution in [3.05, 3.63) is 84.0 Å². The zero-order chi connectivity index (χ0) is 26.5. The van der Waals surface area contributed by atoms with Crippen LogP contribution in [-0.4, -0.2) is 24.0 Å². The molecular formula is C28H28O9. The lowest BCUT2D eigenvalue weighted by atomic mass is 9.98. The summed E-state index contributed by atoms with van der Waals surface area (Å²) in [7, 11) is 0. The minimum atomic E-state index is -0.722. The molecule has 0 radical (unpaired) electrons. The summed E-state index contributed by atoms with van der Waals surface area (Å²) in [5.41, 5.74) is 1.61. The van der Waals surface area contributed by atoms with Crippen LogP contribution in [0, 0.1) is 0 Å². The first-order valence-electron chi connectivity index (χ1n) is 11.8. The van der Waals surface area contributed by atoms with Crippen LogP contribution in [0.3, 0.4) is 0 Å². The Hall–Kier alpha value is -4.37. The Kier molecular flexibility index (Phi) is 10.5. The number of rotatable bonds is 11. The molecule has 2 aromatic carbocycles. The van der Waals surface area contributed by atoms with Gasteiger partial charge in [0.2, 0.25) is 0 Å². The molecule has 0 bridgehead atoms. The summed E-state index contributed by atoms with van der Waals surface area (Å²) in [6.07, 6.45) is 10.7. The van der Waals surface area contributed by atoms with Gasteiger partial charge in [0.1, 0.15) is 6.10 Å². The van der Waals surface area contributed by atoms with Gasteiger partial charge in [0, 0.05) is 17.7 Å². The quantitative estimate of drug-likeness (QED) is 0.222. The van der Waals surface area contributed by atoms with Crippen LogP contribution in [0.4, 0.5) is 0 Å². The lowest BCUT2D eigenvalue weighted by molar-refractivity contribution is -0.297. The van der Waals surface area contributed by atoms with E-state index in [0.717, 1.165) is 31.2 Å². The molecule has 37 heavy (non-hydrogen) atoms. The monoisotopic (exact) mass is 508 g/mol. The summed E-state index contributed by atoms with van der Waals surface area (Å²) in [4.78, 5) is 64.3. The summed E-state index contributed by atoms with van der Waals surface area (Å²) in [6, 6.07) is 13.0. The van der Waals surface area contributed by atoms with Gasteiger partial charge in [0.05, 0.1) is 0 Å². The SMILES string of the molecule is C=C(C)C(=O)OOc1ccc(/C=C/C(=O)OOc2ccc(/C=C/C(=O)OOC3CCCCC3)cc2)cc1. The third-order valence-corrected chi connectivity index (χ3v) is 5.18. The zero-order valence-electron chi connectivity index (χ0n) is 20.4. The van der Waals surface area contributed by atoms with Crippen LogP contribution in [0.25, 0.3) is 12.2 Å². The Morgan fingerprint density at radius 2 is 1.22 bits per heavy atom. The van der Waals surface area contributed by atoms with Crippen LogP contribution in [0.5, 0.6) is 11.5 Å². The highest BCUT2D eigenvalue weighted by molar-refractivity contribution is 5.87. The Balaban J connectivity index is 1.37. The van der Waals surface area contributed by atoms with Gasteiger partial charge in [0.25, 0.3) is 0 Å². The highest BCUT2D eigenvalue weighted by Crippen LogP contribution is 2.20. The molecule has 9 heteroatoms. The van der Waals surface area contributed by atoms with Gasteiger partial charge in [-0.25, -0.2) is 24.2 Å². The molecule has 2 aromatic rings. The predicted octanol–water partition coefficient (Wildman–Crippen LogP) is 5.47. The fourth-order valence-electron chi connectivity index (χ4n) is 3.18. The van der Waals surface area contributed by atoms with E-state index in [0.29, 0.717) is 17.1 Å². The first-order valence-corrected chi connectivity index (χ1v) is 11.8. The van der Waals surface area contributed by atoms with Gasteiger partial charge in [-0.2, -0.15) is 4.89 Å². The first-order chi connectivity index (χ1) is 17.9. The molecule has 0 atom stereocenters. The number of carbonyl (C=O) groups is 3. The van der Waals surface area contributed by atoms with Crippen molar-refractivity contribution in [2.24, 2.45) is 0 Å². The smallest absolute Gasteiger partial charge is 0.293 e. The van der Waals surface area contributed by atoms with Crippen molar-refractivity contribution in [1.82, 2.24) is 0 Å². The van der Waals surface area contributed by atoms with Gasteiger partial charge in [-0.1, -0.05) is 50.1 Å². The largest absolute Gasteiger partial charge is 0.381 e. The van der Waals surface area contributed by atoms with Crippen molar-refractivity contribution in [3.63, 3.8) is 0 Å². The van der Waals surface area contributed by atoms with Crippen molar-refractivity contribution in [1.29, 1.82) is 0 Å². The maximum atomic E-state index is 11.9. The molecule has 1 saturated carbocycles. The van der Waals surface area contributed by atoms with E-state index in [-0.39, 0.29) is 11.7 Å². The fourth-order valence-corrected chi connectivity index (χ4v) is 3.18. The molecule has 9 nitrogen and oxygen atoms in total. The topological polar surface area (TPSA) is 107 Å². The summed E-state index contributed by atoms with van der Waals surface area (Å²) in [5, 5.41) is 0. The maximum absolute atomic E-state index is 11.9. The lowest BCUT2D eigenvalue weighted by Gasteiger charge is -2.19. The second-order valence-corrected chi connectivity index (χ2v) is 8.28. The van der Waals surface area contributed by atoms with Crippen LogP contribution >= 0.6 is 0 Å². The van der Waals surface area contributed by atoms with E-state index < -0.39 is 17.9 Å². The second kappa shape index (κ2) is 14.3. The molecule has 0 aliphatic heterocycles. The number of benzene rings is 2. The van der Waals surface area contributed by atoms with Crippen molar-refractivity contribution >= 4 is 30.1 Å². The van der Waals surface area contributed by atoms with Crippen molar-refractivity contribution in [2.45, 2.75) is 45.1 Å². The van der Waals surface area contributed by atoms with Crippen molar-refractivity contribution in [3.8, 4) is 11.5 Å². The van der Waals surface area contributed by atoms with Gasteiger partial charge in [-0.3, -0.25) is 14.7 Å². The molecule has 0 heterocycles. The van der Waals surface area contributed by atoms with E-state index in [1.165, 1.54) is 31.6 Å². The third kappa shape index (κ3) is 10.0. The van der Waals surface area contributed by atoms with E-state index in [1.807, 2.05) is 0 Å². The predicted molar refractivity (Wildman–Crippen MR) is 133 cm³/mol. The molecule has 0 saturated heterocycles. The second-order valence-electron chi connectivity index (χ2n) is 8.28. The maximum Gasteiger partial charge on any atom is 0.381 e. The van der Waals surface area contributed by atoms with E-state index in [2.05, 4.69) is 11.5 Å². The van der Waals surface area contributed by atoms with Crippen molar-refractivity contribution < 1.29 is 43.7 Å². The summed E-state index contributed by atoms with van der Waals surface area (Å²) in [6.45, 7) is 4.96. The Morgan fingerprint density at radius 3 is 1.73 bits per heavy atom. The van der Waals surface area contributed by atoms with Crippen LogP contribution in [0.15, 0.2) is 72.8 Å². The van der Waals surface area contributed by atoms with E-state index in [4.69, 9.17) is 24.4 Å². The summed E-state index contributed by atoms with van der Waals surface area (Å²) in [5.74, 6) is -1.37. The average molecular weight is 509 g/mol. The zero-order valence-corrected chi connectivity index (χ0v) is 20.4. The van der Waals surface area contributed by atoms with Crippen LogP contribution in [-0.2, 0) is 33.9 Å². The normalized spacial score (nSPS) is 13.8. The minimum absolute atomic E-state index is 0.0275. The van der Waals surface area contributed by atoms with Crippen LogP contribution in [0.2, 0.25) is 0 Å². The van der Waals surface area contributed by atoms with Gasteiger partial charge >= 0.3 is 17.9 Å². The highest BCUT2D eigenvalue weighted by atomic mass is 17.2. The third-order valence-electron chi connectivity index (χ3n) is 5.18. The van der Waals surface area contributed by atoms with Gasteiger partial charge in [-0.05, 0) is 67.3 Å². The minimum Gasteiger partial charge on any atom is -0.293 e. The molecule has 1 fully saturated rings. The molecule has 0 aromatic heterocycles. The van der Waals surface area contributed by atoms with Crippen molar-refractivity contribution in [2.75, 3.05) is 0 Å². The summed E-state index contributed by atoms with van der Waals surface area (Å²) >= 11 is 0. The molecule has 0 amide bonds. The lowest BCUT2D eigenvalue weighted by Crippen LogP contribution is -2.18. The Morgan fingerprint density at radius 1 is 0.730 bits per heavy atom. The molecule has 194 valence electrons. The molecule has 0 spiro atoms. The van der Waals surface area contributed by atoms with E-state index in [1.54, 1.807) is 54.6 Å². The molecule has 1 aliphatic rings. The number of carbonyl (C=O) groups excluding carboxylic acids is 3. The Bertz CT molecular complexity index is 1130. The van der Waals surface area contributed by atoms with Gasteiger partial charge in [-0.15, -0.1) is 0 Å². The van der Waals surface area contributed by atoms with Crippen LogP contribution in [0.1, 0.15) is 50.2 Å². The first kappa shape index (κ1) is 27.2. The number of hydrogen-bond acceptors (Lipinski definition) is 9. The van der Waals surface area contributed by atoms with E-state index >= 15 is 0 Å². The van der Waals surface area contributed by atoms with Crippen LogP contribution < -0.4 is 9.78 Å². The summed E-state index contributed by atoms with van der Waals surface area (Å²) < 4.78 is 0. The average Bonchev–Trinajstić information content (AvgIpc) is 2.93. The molecule has 1 aliphatic carbocycles. The number of hydrogen-bond donors (Lipinski definition) is 0. The molecule has 3 rings (SSSR count). The fraction of sp³-hybridized carbons (Fsp3) is 0.250. The molecule has 0 unspecified atom stereocenters. The standard InChI is InChI=1S/C28H28O9/c1-20(2)28(31)37-34-25-16-10-22(11-17-25)13-19-27(30)36-33-24-14-8-21(9-15-24)12-18-26(29)35-32-23-6-4-3-5-7-23/h8-19,23H,1,3-7H2,2H3/b18-12+,19-13+. The van der Waals surface area contributed by atoms with Gasteiger partial charge in [0.15, 0.2) is 11.5 Å². The molecular weight excluding hydrogens is 480 g/mol. The highest BCUT2D eigenvalue weighted by Gasteiger charge is 2.16. The van der Waals surface area contributed by atoms with E-state index in [9.17, 15) is 14.4 Å². The molecule has 0 N–H and O–H groups in total. The Labute approximate surface area is 214 Å². The van der Waals surface area contributed by atoms with Gasteiger partial charge < -0.3 is 0 Å².